The zero-order valence-corrected chi connectivity index (χ0v) is 9.97. The second-order valence-corrected chi connectivity index (χ2v) is 4.79. The molecule has 0 spiro atoms. The van der Waals surface area contributed by atoms with Crippen LogP contribution in [0.2, 0.25) is 0 Å². The first-order valence-electron chi connectivity index (χ1n) is 6.35. The van der Waals surface area contributed by atoms with E-state index < -0.39 is 0 Å². The van der Waals surface area contributed by atoms with Gasteiger partial charge in [-0.15, -0.1) is 0 Å². The molecule has 0 fully saturated rings. The standard InChI is InChI=1S/C15H18N2/c16-8-7-12-3-4-13-11-14(5-6-15(12)13)17-9-1-2-10-17/h1-2,5-6,9-12H,3-4,7-8,16H2. The molecule has 1 aliphatic rings. The molecule has 0 radical (unpaired) electrons. The minimum absolute atomic E-state index is 0.689. The van der Waals surface area contributed by atoms with Gasteiger partial charge in [-0.05, 0) is 67.1 Å². The minimum atomic E-state index is 0.689. The Kier molecular flexibility index (Phi) is 2.73. The fraction of sp³-hybridized carbons (Fsp3) is 0.333. The van der Waals surface area contributed by atoms with Crippen LogP contribution in [0.25, 0.3) is 5.69 Å². The molecule has 0 saturated carbocycles. The third-order valence-corrected chi connectivity index (χ3v) is 3.75. The van der Waals surface area contributed by atoms with Gasteiger partial charge in [-0.1, -0.05) is 6.07 Å². The summed E-state index contributed by atoms with van der Waals surface area (Å²) in [6.07, 6.45) is 7.77. The van der Waals surface area contributed by atoms with E-state index in [1.807, 2.05) is 0 Å². The van der Waals surface area contributed by atoms with Crippen LogP contribution in [0.5, 0.6) is 0 Å². The molecule has 0 amide bonds. The average molecular weight is 226 g/mol. The normalized spacial score (nSPS) is 18.3. The van der Waals surface area contributed by atoms with Gasteiger partial charge in [-0.2, -0.15) is 0 Å². The largest absolute Gasteiger partial charge is 0.330 e. The lowest BCUT2D eigenvalue weighted by Crippen LogP contribution is -2.04. The Bertz CT molecular complexity index is 500. The van der Waals surface area contributed by atoms with Crippen molar-refractivity contribution in [1.82, 2.24) is 4.57 Å². The molecule has 1 aliphatic carbocycles. The number of aryl methyl sites for hydroxylation is 1. The highest BCUT2D eigenvalue weighted by Crippen LogP contribution is 2.36. The summed E-state index contributed by atoms with van der Waals surface area (Å²) in [7, 11) is 0. The zero-order valence-electron chi connectivity index (χ0n) is 9.97. The molecule has 2 aromatic rings. The second-order valence-electron chi connectivity index (χ2n) is 4.79. The Morgan fingerprint density at radius 1 is 1.24 bits per heavy atom. The van der Waals surface area contributed by atoms with E-state index in [2.05, 4.69) is 47.3 Å². The Hall–Kier alpha value is -1.54. The van der Waals surface area contributed by atoms with Gasteiger partial charge in [0.1, 0.15) is 0 Å². The van der Waals surface area contributed by atoms with E-state index in [1.54, 1.807) is 0 Å². The van der Waals surface area contributed by atoms with Crippen molar-refractivity contribution in [2.45, 2.75) is 25.2 Å². The van der Waals surface area contributed by atoms with Crippen molar-refractivity contribution in [3.8, 4) is 5.69 Å². The number of aromatic nitrogens is 1. The molecule has 88 valence electrons. The van der Waals surface area contributed by atoms with Gasteiger partial charge >= 0.3 is 0 Å². The monoisotopic (exact) mass is 226 g/mol. The van der Waals surface area contributed by atoms with E-state index in [0.29, 0.717) is 5.92 Å². The van der Waals surface area contributed by atoms with Gasteiger partial charge in [0.05, 0.1) is 0 Å². The molecule has 1 aromatic heterocycles. The summed E-state index contributed by atoms with van der Waals surface area (Å²) in [6.45, 7) is 0.795. The maximum atomic E-state index is 5.67. The molecule has 1 unspecified atom stereocenters. The number of hydrogen-bond donors (Lipinski definition) is 1. The van der Waals surface area contributed by atoms with Crippen molar-refractivity contribution in [3.63, 3.8) is 0 Å². The van der Waals surface area contributed by atoms with E-state index in [1.165, 1.54) is 29.7 Å². The Morgan fingerprint density at radius 2 is 2.06 bits per heavy atom. The molecule has 1 atom stereocenters. The van der Waals surface area contributed by atoms with Gasteiger partial charge in [0.25, 0.3) is 0 Å². The molecule has 2 nitrogen and oxygen atoms in total. The van der Waals surface area contributed by atoms with E-state index in [-0.39, 0.29) is 0 Å². The van der Waals surface area contributed by atoms with Crippen molar-refractivity contribution >= 4 is 0 Å². The van der Waals surface area contributed by atoms with Crippen LogP contribution in [-0.4, -0.2) is 11.1 Å². The van der Waals surface area contributed by atoms with Crippen molar-refractivity contribution in [2.24, 2.45) is 5.73 Å². The molecule has 1 aromatic carbocycles. The van der Waals surface area contributed by atoms with Crippen molar-refractivity contribution in [2.75, 3.05) is 6.54 Å². The van der Waals surface area contributed by atoms with Crippen LogP contribution in [0.15, 0.2) is 42.7 Å². The number of benzene rings is 1. The fourth-order valence-electron chi connectivity index (χ4n) is 2.86. The fourth-order valence-corrected chi connectivity index (χ4v) is 2.86. The van der Waals surface area contributed by atoms with Gasteiger partial charge in [0.15, 0.2) is 0 Å². The van der Waals surface area contributed by atoms with E-state index in [0.717, 1.165) is 13.0 Å². The summed E-state index contributed by atoms with van der Waals surface area (Å²) in [6, 6.07) is 11.0. The van der Waals surface area contributed by atoms with Gasteiger partial charge < -0.3 is 10.3 Å². The molecular formula is C15H18N2. The first-order valence-corrected chi connectivity index (χ1v) is 6.35. The topological polar surface area (TPSA) is 30.9 Å². The lowest BCUT2D eigenvalue weighted by molar-refractivity contribution is 0.627. The molecular weight excluding hydrogens is 208 g/mol. The van der Waals surface area contributed by atoms with Crippen LogP contribution in [0.3, 0.4) is 0 Å². The average Bonchev–Trinajstić information content (AvgIpc) is 2.98. The first-order chi connectivity index (χ1) is 8.38. The molecule has 3 rings (SSSR count). The number of hydrogen-bond acceptors (Lipinski definition) is 1. The summed E-state index contributed by atoms with van der Waals surface area (Å²) in [5, 5.41) is 0. The minimum Gasteiger partial charge on any atom is -0.330 e. The third kappa shape index (κ3) is 1.89. The number of fused-ring (bicyclic) bond motifs is 1. The highest BCUT2D eigenvalue weighted by atomic mass is 14.9. The maximum absolute atomic E-state index is 5.67. The van der Waals surface area contributed by atoms with Crippen molar-refractivity contribution in [3.05, 3.63) is 53.9 Å². The smallest absolute Gasteiger partial charge is 0.0452 e. The van der Waals surface area contributed by atoms with Gasteiger partial charge in [0, 0.05) is 18.1 Å². The molecule has 1 heterocycles. The summed E-state index contributed by atoms with van der Waals surface area (Å²) in [5.74, 6) is 0.689. The van der Waals surface area contributed by atoms with Crippen molar-refractivity contribution < 1.29 is 0 Å². The number of rotatable bonds is 3. The van der Waals surface area contributed by atoms with Crippen molar-refractivity contribution in [1.29, 1.82) is 0 Å². The lowest BCUT2D eigenvalue weighted by atomic mass is 9.98. The van der Waals surface area contributed by atoms with Crippen LogP contribution in [0.4, 0.5) is 0 Å². The summed E-state index contributed by atoms with van der Waals surface area (Å²) < 4.78 is 2.16. The van der Waals surface area contributed by atoms with Gasteiger partial charge in [-0.25, -0.2) is 0 Å². The van der Waals surface area contributed by atoms with Crippen LogP contribution in [0, 0.1) is 0 Å². The molecule has 2 N–H and O–H groups in total. The van der Waals surface area contributed by atoms with Crippen LogP contribution in [0.1, 0.15) is 29.9 Å². The highest BCUT2D eigenvalue weighted by Gasteiger charge is 2.21. The number of nitrogens with two attached hydrogens (primary N) is 1. The predicted octanol–water partition coefficient (Wildman–Crippen LogP) is 2.86. The van der Waals surface area contributed by atoms with Crippen LogP contribution < -0.4 is 5.73 Å². The Balaban J connectivity index is 1.94. The summed E-state index contributed by atoms with van der Waals surface area (Å²) in [5.41, 5.74) is 9.96. The van der Waals surface area contributed by atoms with Gasteiger partial charge in [0.2, 0.25) is 0 Å². The third-order valence-electron chi connectivity index (χ3n) is 3.75. The number of nitrogens with zero attached hydrogens (tertiary/aromatic N) is 1. The van der Waals surface area contributed by atoms with E-state index >= 15 is 0 Å². The van der Waals surface area contributed by atoms with E-state index in [4.69, 9.17) is 5.73 Å². The first kappa shape index (κ1) is 10.6. The predicted molar refractivity (Wildman–Crippen MR) is 70.5 cm³/mol. The quantitative estimate of drug-likeness (QED) is 0.857. The SMILES string of the molecule is NCCC1CCc2cc(-n3cccc3)ccc21. The molecule has 2 heteroatoms. The second kappa shape index (κ2) is 4.38. The Morgan fingerprint density at radius 3 is 2.82 bits per heavy atom. The maximum Gasteiger partial charge on any atom is 0.0452 e. The molecule has 17 heavy (non-hydrogen) atoms. The highest BCUT2D eigenvalue weighted by molar-refractivity contribution is 5.44. The Labute approximate surface area is 102 Å². The van der Waals surface area contributed by atoms with Gasteiger partial charge in [-0.3, -0.25) is 0 Å². The molecule has 0 aliphatic heterocycles. The zero-order chi connectivity index (χ0) is 11.7. The van der Waals surface area contributed by atoms with Crippen LogP contribution in [-0.2, 0) is 6.42 Å². The summed E-state index contributed by atoms with van der Waals surface area (Å²) in [4.78, 5) is 0. The van der Waals surface area contributed by atoms with Crippen LogP contribution >= 0.6 is 0 Å². The molecule has 0 saturated heterocycles. The molecule has 0 bridgehead atoms. The summed E-state index contributed by atoms with van der Waals surface area (Å²) >= 11 is 0. The lowest BCUT2D eigenvalue weighted by Gasteiger charge is -2.11. The van der Waals surface area contributed by atoms with E-state index in [9.17, 15) is 0 Å².